The van der Waals surface area contributed by atoms with E-state index in [1.165, 1.54) is 154 Å². The summed E-state index contributed by atoms with van der Waals surface area (Å²) in [6.07, 6.45) is 56.1. The summed E-state index contributed by atoms with van der Waals surface area (Å²) in [4.78, 5) is 10.3. The van der Waals surface area contributed by atoms with Gasteiger partial charge < -0.3 is 4.90 Å². The molecule has 406 valence electrons. The molecule has 3 nitrogen and oxygen atoms in total. The van der Waals surface area contributed by atoms with Crippen molar-refractivity contribution in [2.24, 2.45) is 51.2 Å². The predicted octanol–water partition coefficient (Wildman–Crippen LogP) is 17.8. The van der Waals surface area contributed by atoms with Gasteiger partial charge in [0.1, 0.15) is 0 Å². The second-order valence-electron chi connectivity index (χ2n) is 32.1. The van der Waals surface area contributed by atoms with Gasteiger partial charge in [-0.2, -0.15) is 0 Å². The molecule has 5 heteroatoms. The normalized spacial score (nSPS) is 42.9. The van der Waals surface area contributed by atoms with E-state index in [4.69, 9.17) is 0 Å². The van der Waals surface area contributed by atoms with Crippen molar-refractivity contribution in [1.82, 2.24) is 14.7 Å². The van der Waals surface area contributed by atoms with Gasteiger partial charge in [0.15, 0.2) is 6.71 Å². The molecule has 8 fully saturated rings. The third-order valence-electron chi connectivity index (χ3n) is 25.4. The number of hydrogen-bond donors (Lipinski definition) is 0. The minimum atomic E-state index is 0.166. The summed E-state index contributed by atoms with van der Waals surface area (Å²) in [5, 5.41) is 1.51. The third kappa shape index (κ3) is 8.41. The van der Waals surface area contributed by atoms with Gasteiger partial charge >= 0.3 is 0 Å². The number of fused-ring (bicyclic) bond motifs is 8. The molecule has 16 unspecified atom stereocenters. The Kier molecular flexibility index (Phi) is 13.4. The maximum absolute atomic E-state index is 3.50. The van der Waals surface area contributed by atoms with Gasteiger partial charge in [-0.3, -0.25) is 9.80 Å². The number of nitrogens with zero attached hydrogens (tertiary/aromatic N) is 3. The van der Waals surface area contributed by atoms with Crippen LogP contribution < -0.4 is 0 Å². The van der Waals surface area contributed by atoms with Crippen LogP contribution >= 0.6 is 11.8 Å². The minimum Gasteiger partial charge on any atom is -0.368 e. The van der Waals surface area contributed by atoms with Crippen molar-refractivity contribution in [2.75, 3.05) is 0 Å². The zero-order valence-corrected chi connectivity index (χ0v) is 50.0. The molecule has 4 saturated heterocycles. The van der Waals surface area contributed by atoms with E-state index < -0.39 is 0 Å². The summed E-state index contributed by atoms with van der Waals surface area (Å²) in [5.74, 6) is 6.31. The summed E-state index contributed by atoms with van der Waals surface area (Å²) in [5.41, 5.74) is 8.64. The molecule has 0 aromatic rings. The molecule has 1 spiro atoms. The molecule has 0 aromatic heterocycles. The largest absolute Gasteiger partial charge is 0.368 e. The molecule has 4 saturated carbocycles. The zero-order valence-electron chi connectivity index (χ0n) is 49.2. The van der Waals surface area contributed by atoms with Gasteiger partial charge in [0.2, 0.25) is 0 Å². The summed E-state index contributed by atoms with van der Waals surface area (Å²) < 4.78 is 0. The lowest BCUT2D eigenvalue weighted by Gasteiger charge is -2.69. The maximum atomic E-state index is 3.50. The summed E-state index contributed by atoms with van der Waals surface area (Å²) >= 11 is 2.49. The van der Waals surface area contributed by atoms with Crippen LogP contribution in [0.2, 0.25) is 17.5 Å². The topological polar surface area (TPSA) is 9.72 Å². The fraction of sp³-hybridized carbons (Fsp3) is 0.826. The van der Waals surface area contributed by atoms with E-state index >= 15 is 0 Å². The molecule has 0 radical (unpaired) electrons. The molecule has 0 aromatic carbocycles. The van der Waals surface area contributed by atoms with Gasteiger partial charge in [0.05, 0.1) is 0 Å². The molecule has 13 rings (SSSR count). The first-order valence-corrected chi connectivity index (χ1v) is 33.5. The van der Waals surface area contributed by atoms with Gasteiger partial charge in [-0.15, -0.1) is 11.8 Å². The van der Waals surface area contributed by atoms with Crippen LogP contribution in [-0.4, -0.2) is 79.7 Å². The predicted molar refractivity (Wildman–Crippen MR) is 318 cm³/mol. The fourth-order valence-corrected chi connectivity index (χ4v) is 23.9. The van der Waals surface area contributed by atoms with Crippen LogP contribution in [0.4, 0.5) is 0 Å². The summed E-state index contributed by atoms with van der Waals surface area (Å²) in [7, 11) is 0. The first kappa shape index (κ1) is 52.0. The standard InChI is InChI=1S/C69H106BN3S/c1-65(2,3)46-27-32-49(33-28-46)71(50-34-29-47(30-35-50)66(4,5)6)51-42-59-62-60(43-51)73-63-54(69(68(73,10)11)37-18-13-19-38-69)39-45(44-21-14-12-15-22-44)40-56(63)70(62)55-41-48(67(7,8)9)31-36-57(55)72(59)58-25-20-24-53-52-23-16-17-26-61(52)74-64(53)58/h17,26-27,29,31-32,36,39,44-46,49-53,55-56,58-64H,12-16,18-25,28,30,33-35,37-38,40-43H2,1-11H3. The lowest BCUT2D eigenvalue weighted by molar-refractivity contribution is -0.0666. The van der Waals surface area contributed by atoms with Crippen LogP contribution in [0.1, 0.15) is 230 Å². The second kappa shape index (κ2) is 19.1. The Morgan fingerprint density at radius 1 is 0.689 bits per heavy atom. The van der Waals surface area contributed by atoms with Crippen LogP contribution in [0, 0.1) is 51.2 Å². The van der Waals surface area contributed by atoms with Gasteiger partial charge in [-0.25, -0.2) is 0 Å². The maximum Gasteiger partial charge on any atom is 0.163 e. The molecule has 4 heterocycles. The molecule has 0 N–H and O–H groups in total. The van der Waals surface area contributed by atoms with Crippen LogP contribution in [0.15, 0.2) is 71.0 Å². The second-order valence-corrected chi connectivity index (χ2v) is 33.4. The lowest BCUT2D eigenvalue weighted by atomic mass is 9.19. The Balaban J connectivity index is 0.999. The van der Waals surface area contributed by atoms with E-state index in [1.807, 2.05) is 11.3 Å². The van der Waals surface area contributed by atoms with Gasteiger partial charge in [0.25, 0.3) is 0 Å². The Bertz CT molecular complexity index is 2300. The van der Waals surface area contributed by atoms with Crippen LogP contribution in [-0.2, 0) is 0 Å². The van der Waals surface area contributed by atoms with Crippen molar-refractivity contribution in [1.29, 1.82) is 0 Å². The summed E-state index contributed by atoms with van der Waals surface area (Å²) in [6.45, 7) is 29.2. The van der Waals surface area contributed by atoms with Gasteiger partial charge in [0, 0.05) is 69.4 Å². The Hall–Kier alpha value is -1.43. The van der Waals surface area contributed by atoms with Crippen LogP contribution in [0.25, 0.3) is 0 Å². The van der Waals surface area contributed by atoms with E-state index in [1.54, 1.807) is 11.1 Å². The number of rotatable bonds is 5. The van der Waals surface area contributed by atoms with Crippen molar-refractivity contribution in [3.05, 3.63) is 71.0 Å². The Morgan fingerprint density at radius 3 is 2.15 bits per heavy atom. The van der Waals surface area contributed by atoms with Crippen LogP contribution in [0.5, 0.6) is 0 Å². The van der Waals surface area contributed by atoms with E-state index in [-0.39, 0.29) is 16.4 Å². The molecular formula is C69H106BN3S. The molecule has 0 bridgehead atoms. The van der Waals surface area contributed by atoms with Crippen molar-refractivity contribution >= 4 is 18.5 Å². The van der Waals surface area contributed by atoms with E-state index in [2.05, 4.69) is 151 Å². The average molecular weight is 1020 g/mol. The highest BCUT2D eigenvalue weighted by atomic mass is 32.2. The molecule has 0 amide bonds. The first-order valence-electron chi connectivity index (χ1n) is 32.5. The number of thioether (sulfide) groups is 1. The highest BCUT2D eigenvalue weighted by Gasteiger charge is 2.73. The number of hydrogen-bond acceptors (Lipinski definition) is 4. The van der Waals surface area contributed by atoms with Crippen molar-refractivity contribution in [2.45, 2.75) is 306 Å². The van der Waals surface area contributed by atoms with E-state index in [0.29, 0.717) is 64.9 Å². The van der Waals surface area contributed by atoms with Crippen molar-refractivity contribution in [3.8, 4) is 0 Å². The quantitative estimate of drug-likeness (QED) is 0.200. The highest BCUT2D eigenvalue weighted by Crippen LogP contribution is 2.73. The van der Waals surface area contributed by atoms with Crippen LogP contribution in [0.3, 0.4) is 0 Å². The molecule has 9 aliphatic carbocycles. The van der Waals surface area contributed by atoms with Gasteiger partial charge in [-0.1, -0.05) is 161 Å². The van der Waals surface area contributed by atoms with E-state index in [9.17, 15) is 0 Å². The smallest absolute Gasteiger partial charge is 0.163 e. The molecule has 16 atom stereocenters. The summed E-state index contributed by atoms with van der Waals surface area (Å²) in [6, 6.07) is 4.31. The lowest BCUT2D eigenvalue weighted by Crippen LogP contribution is -2.74. The van der Waals surface area contributed by atoms with Crippen molar-refractivity contribution in [3.63, 3.8) is 0 Å². The SMILES string of the molecule is CC(C)(C)C1=CCC(N(C2C=CC(C(C)(C)C)CC2)C2CC3C4B(C5CC(C(C)(C)C)=CC=C5N3C3CCCC5C6CCC=CC6SC53)C3CC(C5CCCCC5)C=C5C3N(C4C2)C(C)(C)C52CCCCC2)CC1. The minimum absolute atomic E-state index is 0.166. The fourth-order valence-electron chi connectivity index (χ4n) is 21.8. The van der Waals surface area contributed by atoms with Crippen molar-refractivity contribution < 1.29 is 0 Å². The van der Waals surface area contributed by atoms with Gasteiger partial charge in [-0.05, 0) is 198 Å². The molecule has 13 aliphatic rings. The monoisotopic (exact) mass is 1020 g/mol. The highest BCUT2D eigenvalue weighted by molar-refractivity contribution is 8.01. The van der Waals surface area contributed by atoms with E-state index in [0.717, 1.165) is 52.5 Å². The third-order valence-corrected chi connectivity index (χ3v) is 27.2. The average Bonchev–Trinajstić information content (AvgIpc) is 3.85. The molecule has 4 aliphatic heterocycles. The Morgan fingerprint density at radius 2 is 1.45 bits per heavy atom. The zero-order chi connectivity index (χ0) is 51.3. The molecule has 74 heavy (non-hydrogen) atoms. The number of allylic oxidation sites excluding steroid dienone is 8. The first-order chi connectivity index (χ1) is 35.3. The Labute approximate surface area is 459 Å². The molecular weight excluding hydrogens is 914 g/mol.